The normalized spacial score (nSPS) is 10.4. The van der Waals surface area contributed by atoms with Crippen LogP contribution in [0.1, 0.15) is 5.56 Å². The van der Waals surface area contributed by atoms with E-state index in [1.807, 2.05) is 0 Å². The van der Waals surface area contributed by atoms with Crippen molar-refractivity contribution < 1.29 is 20.0 Å². The highest BCUT2D eigenvalue weighted by atomic mass is 17.4. The first-order chi connectivity index (χ1) is 6.49. The Kier molecular flexibility index (Phi) is 6.07. The van der Waals surface area contributed by atoms with Crippen LogP contribution in [-0.2, 0) is 11.6 Å². The van der Waals surface area contributed by atoms with E-state index in [0.29, 0.717) is 0 Å². The monoisotopic (exact) mass is 200 g/mol. The highest BCUT2D eigenvalue weighted by molar-refractivity contribution is 5.13. The van der Waals surface area contributed by atoms with Crippen LogP contribution >= 0.6 is 0 Å². The molecule has 1 rings (SSSR count). The molecule has 1 aromatic rings. The molecule has 80 valence electrons. The zero-order chi connectivity index (χ0) is 11.0. The molecule has 0 spiro atoms. The molecular weight excluding hydrogens is 182 g/mol. The first-order valence-corrected chi connectivity index (χ1v) is 4.29. The molecule has 0 radical (unpaired) electrons. The van der Waals surface area contributed by atoms with Crippen LogP contribution in [0.2, 0.25) is 0 Å². The second-order valence-electron chi connectivity index (χ2n) is 4.02. The highest BCUT2D eigenvalue weighted by Gasteiger charge is 2.06. The van der Waals surface area contributed by atoms with Crippen LogP contribution < -0.4 is 0 Å². The number of quaternary nitrogens is 1. The summed E-state index contributed by atoms with van der Waals surface area (Å²) < 4.78 is 0.990. The highest BCUT2D eigenvalue weighted by Crippen LogP contribution is 2.04. The fourth-order valence-corrected chi connectivity index (χ4v) is 1.13. The number of hydrogen-bond acceptors (Lipinski definition) is 3. The van der Waals surface area contributed by atoms with Gasteiger partial charge in [-0.05, 0) is 0 Å². The Morgan fingerprint density at radius 1 is 1.07 bits per heavy atom. The second-order valence-corrected chi connectivity index (χ2v) is 4.02. The Morgan fingerprint density at radius 3 is 1.86 bits per heavy atom. The van der Waals surface area contributed by atoms with Crippen molar-refractivity contribution in [1.29, 1.82) is 0 Å². The van der Waals surface area contributed by atoms with Crippen molar-refractivity contribution in [2.75, 3.05) is 21.1 Å². The van der Waals surface area contributed by atoms with E-state index in [2.05, 4.69) is 56.5 Å². The van der Waals surface area contributed by atoms with Gasteiger partial charge in [-0.25, -0.2) is 10.5 Å². The summed E-state index contributed by atoms with van der Waals surface area (Å²) in [4.78, 5) is 0. The maximum atomic E-state index is 6.62. The van der Waals surface area contributed by atoms with E-state index < -0.39 is 0 Å². The molecule has 1 aromatic carbocycles. The van der Waals surface area contributed by atoms with Crippen molar-refractivity contribution in [3.63, 3.8) is 0 Å². The summed E-state index contributed by atoms with van der Waals surface area (Å²) in [5, 5.41) is 15.5. The van der Waals surface area contributed by atoms with Gasteiger partial charge in [-0.15, -0.1) is 0 Å². The van der Waals surface area contributed by atoms with Crippen LogP contribution in [0.4, 0.5) is 0 Å². The maximum absolute atomic E-state index is 6.62. The average molecular weight is 200 g/mol. The van der Waals surface area contributed by atoms with Crippen LogP contribution in [0.5, 0.6) is 0 Å². The smallest absolute Gasteiger partial charge is 0.104 e. The van der Waals surface area contributed by atoms with Gasteiger partial charge in [-0.2, -0.15) is 0 Å². The molecule has 4 nitrogen and oxygen atoms in total. The van der Waals surface area contributed by atoms with E-state index in [-0.39, 0.29) is 0 Å². The lowest BCUT2D eigenvalue weighted by Crippen LogP contribution is -2.33. The van der Waals surface area contributed by atoms with Gasteiger partial charge < -0.3 is 4.48 Å². The van der Waals surface area contributed by atoms with E-state index >= 15 is 0 Å². The van der Waals surface area contributed by atoms with E-state index in [0.717, 1.165) is 11.0 Å². The Labute approximate surface area is 84.4 Å². The molecule has 0 bridgehead atoms. The molecule has 0 aliphatic carbocycles. The van der Waals surface area contributed by atoms with Gasteiger partial charge in [0.25, 0.3) is 0 Å². The van der Waals surface area contributed by atoms with Crippen molar-refractivity contribution >= 4 is 0 Å². The summed E-state index contributed by atoms with van der Waals surface area (Å²) in [5.41, 5.74) is 1.40. The summed E-state index contributed by atoms with van der Waals surface area (Å²) >= 11 is 0. The summed E-state index contributed by atoms with van der Waals surface area (Å²) in [6.45, 7) is 1.10. The largest absolute Gasteiger partial charge is 0.327 e. The third kappa shape index (κ3) is 7.70. The van der Waals surface area contributed by atoms with Crippen LogP contribution in [0, 0.1) is 0 Å². The first-order valence-electron chi connectivity index (χ1n) is 4.29. The molecular formula is C10H18NO3+. The Balaban J connectivity index is 0.000000500. The van der Waals surface area contributed by atoms with Crippen molar-refractivity contribution in [3.05, 3.63) is 35.9 Å². The molecule has 0 saturated carbocycles. The molecule has 0 saturated heterocycles. The number of rotatable bonds is 2. The minimum absolute atomic E-state index is 0.990. The van der Waals surface area contributed by atoms with Gasteiger partial charge in [0, 0.05) is 5.56 Å². The SMILES string of the molecule is C[N+](C)(C)Cc1ccccc1.OOO. The summed E-state index contributed by atoms with van der Waals surface area (Å²) in [6, 6.07) is 10.6. The summed E-state index contributed by atoms with van der Waals surface area (Å²) in [6.07, 6.45) is 0. The van der Waals surface area contributed by atoms with Crippen LogP contribution in [0.25, 0.3) is 0 Å². The molecule has 0 fully saturated rings. The van der Waals surface area contributed by atoms with E-state index in [1.54, 1.807) is 0 Å². The average Bonchev–Trinajstić information content (AvgIpc) is 2.04. The summed E-state index contributed by atoms with van der Waals surface area (Å²) in [7, 11) is 6.60. The van der Waals surface area contributed by atoms with Gasteiger partial charge in [0.15, 0.2) is 0 Å². The Bertz CT molecular complexity index is 231. The zero-order valence-electron chi connectivity index (χ0n) is 8.84. The third-order valence-corrected chi connectivity index (χ3v) is 1.50. The molecule has 4 heteroatoms. The molecule has 0 aromatic heterocycles. The zero-order valence-corrected chi connectivity index (χ0v) is 8.84. The lowest BCUT2D eigenvalue weighted by molar-refractivity contribution is -0.884. The Hall–Kier alpha value is -0.940. The van der Waals surface area contributed by atoms with Gasteiger partial charge in [0.1, 0.15) is 6.54 Å². The summed E-state index contributed by atoms with van der Waals surface area (Å²) in [5.74, 6) is 0. The maximum Gasteiger partial charge on any atom is 0.104 e. The lowest BCUT2D eigenvalue weighted by Gasteiger charge is -2.23. The van der Waals surface area contributed by atoms with Gasteiger partial charge in [-0.3, -0.25) is 0 Å². The predicted molar refractivity (Wildman–Crippen MR) is 54.5 cm³/mol. The van der Waals surface area contributed by atoms with Crippen LogP contribution in [0.3, 0.4) is 0 Å². The number of benzene rings is 1. The topological polar surface area (TPSA) is 49.7 Å². The molecule has 0 atom stereocenters. The fraction of sp³-hybridized carbons (Fsp3) is 0.400. The van der Waals surface area contributed by atoms with Crippen molar-refractivity contribution in [2.24, 2.45) is 0 Å². The number of hydrogen-bond donors (Lipinski definition) is 2. The Morgan fingerprint density at radius 2 is 1.50 bits per heavy atom. The molecule has 0 amide bonds. The molecule has 2 N–H and O–H groups in total. The molecule has 0 aliphatic heterocycles. The van der Waals surface area contributed by atoms with Crippen LogP contribution in [-0.4, -0.2) is 36.1 Å². The minimum Gasteiger partial charge on any atom is -0.327 e. The third-order valence-electron chi connectivity index (χ3n) is 1.50. The van der Waals surface area contributed by atoms with Crippen molar-refractivity contribution in [2.45, 2.75) is 6.54 Å². The number of nitrogens with zero attached hydrogens (tertiary/aromatic N) is 1. The lowest BCUT2D eigenvalue weighted by atomic mass is 10.2. The molecule has 0 heterocycles. The predicted octanol–water partition coefficient (Wildman–Crippen LogP) is 1.84. The minimum atomic E-state index is 0.990. The van der Waals surface area contributed by atoms with E-state index in [4.69, 9.17) is 10.5 Å². The van der Waals surface area contributed by atoms with Crippen LogP contribution in [0.15, 0.2) is 30.3 Å². The van der Waals surface area contributed by atoms with E-state index in [1.165, 1.54) is 5.56 Å². The van der Waals surface area contributed by atoms with E-state index in [9.17, 15) is 0 Å². The second kappa shape index (κ2) is 6.50. The molecule has 0 aliphatic rings. The van der Waals surface area contributed by atoms with Gasteiger partial charge >= 0.3 is 0 Å². The first kappa shape index (κ1) is 13.1. The van der Waals surface area contributed by atoms with Crippen molar-refractivity contribution in [1.82, 2.24) is 0 Å². The quantitative estimate of drug-likeness (QED) is 0.435. The fourth-order valence-electron chi connectivity index (χ4n) is 1.13. The van der Waals surface area contributed by atoms with Gasteiger partial charge in [0.2, 0.25) is 0 Å². The van der Waals surface area contributed by atoms with Gasteiger partial charge in [0.05, 0.1) is 21.1 Å². The molecule has 0 unspecified atom stereocenters. The van der Waals surface area contributed by atoms with Gasteiger partial charge in [-0.1, -0.05) is 35.4 Å². The van der Waals surface area contributed by atoms with Crippen molar-refractivity contribution in [3.8, 4) is 0 Å². The molecule has 14 heavy (non-hydrogen) atoms. The standard InChI is InChI=1S/C10H16N.H2O3/c1-11(2,3)9-10-7-5-4-6-8-10;1-3-2/h4-8H,9H2,1-3H3;1-2H/q+1;.